The lowest BCUT2D eigenvalue weighted by Crippen LogP contribution is -2.43. The van der Waals surface area contributed by atoms with Crippen LogP contribution in [0.3, 0.4) is 0 Å². The van der Waals surface area contributed by atoms with Gasteiger partial charge in [0, 0.05) is 4.47 Å². The van der Waals surface area contributed by atoms with Gasteiger partial charge in [-0.1, -0.05) is 28.1 Å². The first-order chi connectivity index (χ1) is 12.0. The second-order valence-corrected chi connectivity index (χ2v) is 5.70. The van der Waals surface area contributed by atoms with Gasteiger partial charge in [0.15, 0.2) is 18.1 Å². The van der Waals surface area contributed by atoms with Gasteiger partial charge in [-0.3, -0.25) is 20.4 Å². The number of hydrazine groups is 1. The first-order valence-electron chi connectivity index (χ1n) is 7.23. The Bertz CT molecular complexity index is 766. The zero-order chi connectivity index (χ0) is 18.2. The van der Waals surface area contributed by atoms with Crippen LogP contribution in [-0.2, 0) is 4.79 Å². The molecule has 0 spiro atoms. The van der Waals surface area contributed by atoms with Crippen molar-refractivity contribution in [2.75, 3.05) is 20.8 Å². The summed E-state index contributed by atoms with van der Waals surface area (Å²) in [5.41, 5.74) is 4.88. The van der Waals surface area contributed by atoms with Gasteiger partial charge in [-0.25, -0.2) is 0 Å². The molecule has 0 radical (unpaired) electrons. The van der Waals surface area contributed by atoms with Gasteiger partial charge >= 0.3 is 0 Å². The van der Waals surface area contributed by atoms with E-state index < -0.39 is 11.8 Å². The minimum atomic E-state index is -0.520. The number of hydrogen-bond donors (Lipinski definition) is 2. The number of hydrogen-bond acceptors (Lipinski definition) is 5. The molecule has 0 atom stereocenters. The predicted molar refractivity (Wildman–Crippen MR) is 94.8 cm³/mol. The quantitative estimate of drug-likeness (QED) is 0.716. The Kier molecular flexibility index (Phi) is 6.64. The van der Waals surface area contributed by atoms with E-state index in [1.165, 1.54) is 14.2 Å². The molecule has 0 saturated carbocycles. The van der Waals surface area contributed by atoms with Crippen molar-refractivity contribution in [3.05, 3.63) is 52.5 Å². The molecule has 2 N–H and O–H groups in total. The number of ether oxygens (including phenoxy) is 3. The highest BCUT2D eigenvalue weighted by molar-refractivity contribution is 9.10. The summed E-state index contributed by atoms with van der Waals surface area (Å²) in [6.45, 7) is -0.281. The van der Waals surface area contributed by atoms with Crippen LogP contribution < -0.4 is 25.1 Å². The molecule has 0 heterocycles. The number of para-hydroxylation sites is 2. The molecule has 132 valence electrons. The number of methoxy groups -OCH3 is 2. The smallest absolute Gasteiger partial charge is 0.276 e. The Morgan fingerprint density at radius 3 is 2.32 bits per heavy atom. The first kappa shape index (κ1) is 18.6. The van der Waals surface area contributed by atoms with Crippen LogP contribution in [0.1, 0.15) is 10.4 Å². The van der Waals surface area contributed by atoms with Crippen LogP contribution in [-0.4, -0.2) is 32.6 Å². The Morgan fingerprint density at radius 2 is 1.64 bits per heavy atom. The average Bonchev–Trinajstić information content (AvgIpc) is 2.64. The minimum absolute atomic E-state index is 0.280. The van der Waals surface area contributed by atoms with E-state index in [0.717, 1.165) is 0 Å². The molecule has 0 fully saturated rings. The van der Waals surface area contributed by atoms with Crippen molar-refractivity contribution in [3.63, 3.8) is 0 Å². The molecule has 2 amide bonds. The Hall–Kier alpha value is -2.74. The van der Waals surface area contributed by atoms with Gasteiger partial charge in [0.2, 0.25) is 0 Å². The topological polar surface area (TPSA) is 85.9 Å². The molecule has 0 unspecified atom stereocenters. The normalized spacial score (nSPS) is 9.88. The lowest BCUT2D eigenvalue weighted by atomic mass is 10.2. The molecular weight excluding hydrogens is 392 g/mol. The minimum Gasteiger partial charge on any atom is -0.496 e. The molecule has 0 aliphatic heterocycles. The van der Waals surface area contributed by atoms with Gasteiger partial charge in [-0.05, 0) is 30.3 Å². The molecule has 2 aromatic rings. The number of benzene rings is 2. The third-order valence-electron chi connectivity index (χ3n) is 3.15. The second-order valence-electron chi connectivity index (χ2n) is 4.79. The lowest BCUT2D eigenvalue weighted by molar-refractivity contribution is -0.123. The maximum Gasteiger partial charge on any atom is 0.276 e. The zero-order valence-electron chi connectivity index (χ0n) is 13.7. The number of nitrogens with one attached hydrogen (secondary N) is 2. The Balaban J connectivity index is 1.89. The van der Waals surface area contributed by atoms with Crippen LogP contribution in [0, 0.1) is 0 Å². The van der Waals surface area contributed by atoms with E-state index in [1.807, 2.05) is 0 Å². The molecule has 2 aromatic carbocycles. The highest BCUT2D eigenvalue weighted by Gasteiger charge is 2.14. The van der Waals surface area contributed by atoms with Gasteiger partial charge < -0.3 is 14.2 Å². The fourth-order valence-corrected chi connectivity index (χ4v) is 2.33. The van der Waals surface area contributed by atoms with Crippen molar-refractivity contribution in [2.45, 2.75) is 0 Å². The van der Waals surface area contributed by atoms with Crippen LogP contribution in [0.2, 0.25) is 0 Å². The summed E-state index contributed by atoms with van der Waals surface area (Å²) in [6.07, 6.45) is 0. The third-order valence-corrected chi connectivity index (χ3v) is 3.64. The SMILES string of the molecule is COc1ccccc1OCC(=O)NNC(=O)c1cc(Br)ccc1OC. The molecular formula is C17H17BrN2O5. The van der Waals surface area contributed by atoms with Crippen molar-refractivity contribution in [1.29, 1.82) is 0 Å². The van der Waals surface area contributed by atoms with E-state index in [9.17, 15) is 9.59 Å². The highest BCUT2D eigenvalue weighted by Crippen LogP contribution is 2.25. The van der Waals surface area contributed by atoms with Gasteiger partial charge in [-0.2, -0.15) is 0 Å². The average molecular weight is 409 g/mol. The van der Waals surface area contributed by atoms with Crippen LogP contribution in [0.25, 0.3) is 0 Å². The summed E-state index contributed by atoms with van der Waals surface area (Å²) in [4.78, 5) is 24.0. The van der Waals surface area contributed by atoms with E-state index in [1.54, 1.807) is 42.5 Å². The molecule has 8 heteroatoms. The molecule has 0 aliphatic carbocycles. The highest BCUT2D eigenvalue weighted by atomic mass is 79.9. The van der Waals surface area contributed by atoms with Crippen molar-refractivity contribution in [2.24, 2.45) is 0 Å². The van der Waals surface area contributed by atoms with Crippen molar-refractivity contribution in [1.82, 2.24) is 10.9 Å². The molecule has 0 bridgehead atoms. The molecule has 7 nitrogen and oxygen atoms in total. The monoisotopic (exact) mass is 408 g/mol. The number of carbonyl (C=O) groups excluding carboxylic acids is 2. The summed E-state index contributed by atoms with van der Waals surface area (Å²) < 4.78 is 16.3. The second kappa shape index (κ2) is 8.93. The number of rotatable bonds is 6. The van der Waals surface area contributed by atoms with Gasteiger partial charge in [-0.15, -0.1) is 0 Å². The number of halogens is 1. The largest absolute Gasteiger partial charge is 0.496 e. The fraction of sp³-hybridized carbons (Fsp3) is 0.176. The van der Waals surface area contributed by atoms with Crippen LogP contribution >= 0.6 is 15.9 Å². The van der Waals surface area contributed by atoms with E-state index in [-0.39, 0.29) is 12.2 Å². The van der Waals surface area contributed by atoms with Crippen LogP contribution in [0.4, 0.5) is 0 Å². The van der Waals surface area contributed by atoms with Crippen molar-refractivity contribution in [3.8, 4) is 17.2 Å². The van der Waals surface area contributed by atoms with Gasteiger partial charge in [0.25, 0.3) is 11.8 Å². The summed E-state index contributed by atoms with van der Waals surface area (Å²) in [6, 6.07) is 11.9. The summed E-state index contributed by atoms with van der Waals surface area (Å²) in [7, 11) is 2.97. The molecule has 0 saturated heterocycles. The number of amides is 2. The maximum atomic E-state index is 12.2. The standard InChI is InChI=1S/C17H17BrN2O5/c1-23-13-8-7-11(18)9-12(13)17(22)20-19-16(21)10-25-15-6-4-3-5-14(15)24-2/h3-9H,10H2,1-2H3,(H,19,21)(H,20,22). The van der Waals surface area contributed by atoms with Crippen molar-refractivity contribution < 1.29 is 23.8 Å². The molecule has 0 aliphatic rings. The summed E-state index contributed by atoms with van der Waals surface area (Å²) in [5, 5.41) is 0. The summed E-state index contributed by atoms with van der Waals surface area (Å²) >= 11 is 3.28. The first-order valence-corrected chi connectivity index (χ1v) is 8.03. The van der Waals surface area contributed by atoms with E-state index in [0.29, 0.717) is 21.7 Å². The predicted octanol–water partition coefficient (Wildman–Crippen LogP) is 2.31. The van der Waals surface area contributed by atoms with E-state index >= 15 is 0 Å². The Morgan fingerprint density at radius 1 is 0.960 bits per heavy atom. The Labute approximate surface area is 153 Å². The number of carbonyl (C=O) groups is 2. The third kappa shape index (κ3) is 5.12. The maximum absolute atomic E-state index is 12.2. The van der Waals surface area contributed by atoms with Crippen LogP contribution in [0.15, 0.2) is 46.9 Å². The zero-order valence-corrected chi connectivity index (χ0v) is 15.3. The molecule has 25 heavy (non-hydrogen) atoms. The molecule has 0 aromatic heterocycles. The lowest BCUT2D eigenvalue weighted by Gasteiger charge is -2.12. The van der Waals surface area contributed by atoms with Gasteiger partial charge in [0.05, 0.1) is 19.8 Å². The van der Waals surface area contributed by atoms with Crippen LogP contribution in [0.5, 0.6) is 17.2 Å². The van der Waals surface area contributed by atoms with E-state index in [4.69, 9.17) is 14.2 Å². The van der Waals surface area contributed by atoms with Crippen molar-refractivity contribution >= 4 is 27.7 Å². The molecule has 2 rings (SSSR count). The summed E-state index contributed by atoms with van der Waals surface area (Å²) in [5.74, 6) is 0.301. The fourth-order valence-electron chi connectivity index (χ4n) is 1.97. The van der Waals surface area contributed by atoms with E-state index in [2.05, 4.69) is 26.8 Å². The van der Waals surface area contributed by atoms with Gasteiger partial charge in [0.1, 0.15) is 5.75 Å².